The van der Waals surface area contributed by atoms with Crippen molar-refractivity contribution < 1.29 is 43.5 Å². The summed E-state index contributed by atoms with van der Waals surface area (Å²) in [5.41, 5.74) is -2.66. The molecule has 2 N–H and O–H groups in total. The van der Waals surface area contributed by atoms with Crippen LogP contribution >= 0.6 is 11.6 Å². The molecule has 0 spiro atoms. The third kappa shape index (κ3) is 4.64. The summed E-state index contributed by atoms with van der Waals surface area (Å²) in [5.74, 6) is -4.63. The number of esters is 3. The molecular weight excluding hydrogens is 432 g/mol. The zero-order valence-electron chi connectivity index (χ0n) is 17.9. The van der Waals surface area contributed by atoms with Crippen molar-refractivity contribution in [1.29, 1.82) is 0 Å². The second kappa shape index (κ2) is 8.20. The maximum absolute atomic E-state index is 12.6. The number of rotatable bonds is 5. The second-order valence-electron chi connectivity index (χ2n) is 8.77. The lowest BCUT2D eigenvalue weighted by atomic mass is 9.85. The number of carbonyl (C=O) groups excluding carboxylic acids is 3. The van der Waals surface area contributed by atoms with Crippen molar-refractivity contribution >= 4 is 29.5 Å². The monoisotopic (exact) mass is 458 g/mol. The quantitative estimate of drug-likeness (QED) is 0.357. The summed E-state index contributed by atoms with van der Waals surface area (Å²) >= 11 is 5.69. The Morgan fingerprint density at radius 1 is 1.39 bits per heavy atom. The number of carbonyl (C=O) groups is 3. The van der Waals surface area contributed by atoms with E-state index < -0.39 is 52.8 Å². The zero-order valence-corrected chi connectivity index (χ0v) is 18.7. The SMILES string of the molecule is CC(=O)OCC1=C2/C(=C\[C@@]3(C)CC[C@](O)(O3)[C@H](C)C[C@@H]2OC(=O)C(C)(O)CCl)OC1=O. The molecule has 0 saturated carbocycles. The minimum atomic E-state index is -1.97. The largest absolute Gasteiger partial charge is 0.461 e. The van der Waals surface area contributed by atoms with E-state index in [-0.39, 0.29) is 29.9 Å². The maximum atomic E-state index is 12.6. The predicted octanol–water partition coefficient (Wildman–Crippen LogP) is 1.49. The Labute approximate surface area is 184 Å². The van der Waals surface area contributed by atoms with Crippen LogP contribution in [0.5, 0.6) is 0 Å². The summed E-state index contributed by atoms with van der Waals surface area (Å²) < 4.78 is 22.0. The Morgan fingerprint density at radius 3 is 2.68 bits per heavy atom. The van der Waals surface area contributed by atoms with E-state index in [0.29, 0.717) is 12.8 Å². The molecule has 1 fully saturated rings. The van der Waals surface area contributed by atoms with Crippen LogP contribution in [-0.4, -0.2) is 63.7 Å². The normalized spacial score (nSPS) is 36.2. The van der Waals surface area contributed by atoms with Crippen LogP contribution in [0.25, 0.3) is 0 Å². The molecule has 0 aromatic rings. The average Bonchev–Trinajstić information content (AvgIpc) is 3.15. The molecule has 1 saturated heterocycles. The number of fused-ring (bicyclic) bond motifs is 3. The number of alkyl halides is 1. The molecule has 31 heavy (non-hydrogen) atoms. The Kier molecular flexibility index (Phi) is 6.27. The fourth-order valence-electron chi connectivity index (χ4n) is 3.95. The molecule has 172 valence electrons. The highest BCUT2D eigenvalue weighted by Gasteiger charge is 2.52. The van der Waals surface area contributed by atoms with Crippen molar-refractivity contribution in [3.8, 4) is 0 Å². The number of halogens is 1. The molecule has 3 aliphatic heterocycles. The summed E-state index contributed by atoms with van der Waals surface area (Å²) in [6.07, 6.45) is 1.35. The Bertz CT molecular complexity index is 861. The van der Waals surface area contributed by atoms with Gasteiger partial charge in [0.2, 0.25) is 0 Å². The second-order valence-corrected chi connectivity index (χ2v) is 9.04. The van der Waals surface area contributed by atoms with E-state index in [9.17, 15) is 24.6 Å². The third-order valence-corrected chi connectivity index (χ3v) is 6.41. The fourth-order valence-corrected chi connectivity index (χ4v) is 4.05. The van der Waals surface area contributed by atoms with Crippen molar-refractivity contribution in [2.45, 2.75) is 70.1 Å². The lowest BCUT2D eigenvalue weighted by Crippen LogP contribution is -2.43. The minimum Gasteiger partial charge on any atom is -0.461 e. The zero-order chi connectivity index (χ0) is 23.2. The topological polar surface area (TPSA) is 129 Å². The van der Waals surface area contributed by atoms with Gasteiger partial charge in [-0.05, 0) is 32.8 Å². The maximum Gasteiger partial charge on any atom is 0.343 e. The average molecular weight is 459 g/mol. The van der Waals surface area contributed by atoms with Gasteiger partial charge in [0.25, 0.3) is 0 Å². The summed E-state index contributed by atoms with van der Waals surface area (Å²) in [6.45, 7) is 5.52. The van der Waals surface area contributed by atoms with E-state index in [1.165, 1.54) is 13.8 Å². The molecular formula is C21H27ClO9. The van der Waals surface area contributed by atoms with Gasteiger partial charge in [0, 0.05) is 24.8 Å². The Balaban J connectivity index is 2.11. The van der Waals surface area contributed by atoms with E-state index in [0.717, 1.165) is 0 Å². The van der Waals surface area contributed by atoms with E-state index in [1.54, 1.807) is 19.9 Å². The first-order valence-electron chi connectivity index (χ1n) is 10.0. The molecule has 0 aromatic heterocycles. The standard InChI is InChI=1S/C21H27ClO9/c1-11-7-14(30-18(25)20(4,26)10-22)16-13(9-28-12(2)23)17(24)29-15(16)8-19(3)5-6-21(11,27)31-19/h8,11,14,26-27H,5-7,9-10H2,1-4H3/b15-8+/t11-,14+,19-,20?,21+/m1/s1. The van der Waals surface area contributed by atoms with Gasteiger partial charge in [-0.1, -0.05) is 6.92 Å². The fraction of sp³-hybridized carbons (Fsp3) is 0.667. The van der Waals surface area contributed by atoms with E-state index in [4.69, 9.17) is 30.5 Å². The lowest BCUT2D eigenvalue weighted by Gasteiger charge is -2.33. The number of hydrogen-bond donors (Lipinski definition) is 2. The van der Waals surface area contributed by atoms with E-state index in [2.05, 4.69) is 0 Å². The summed E-state index contributed by atoms with van der Waals surface area (Å²) in [4.78, 5) is 36.5. The van der Waals surface area contributed by atoms with Gasteiger partial charge in [0.05, 0.1) is 17.1 Å². The summed E-state index contributed by atoms with van der Waals surface area (Å²) in [6, 6.07) is 0. The molecule has 3 aliphatic rings. The van der Waals surface area contributed by atoms with Gasteiger partial charge < -0.3 is 29.2 Å². The van der Waals surface area contributed by atoms with Gasteiger partial charge >= 0.3 is 17.9 Å². The summed E-state index contributed by atoms with van der Waals surface area (Å²) in [7, 11) is 0. The molecule has 0 amide bonds. The Morgan fingerprint density at radius 2 is 2.06 bits per heavy atom. The smallest absolute Gasteiger partial charge is 0.343 e. The number of hydrogen-bond acceptors (Lipinski definition) is 9. The van der Waals surface area contributed by atoms with Crippen molar-refractivity contribution in [2.75, 3.05) is 12.5 Å². The molecule has 9 nitrogen and oxygen atoms in total. The highest BCUT2D eigenvalue weighted by Crippen LogP contribution is 2.47. The van der Waals surface area contributed by atoms with E-state index >= 15 is 0 Å². The third-order valence-electron chi connectivity index (χ3n) is 5.89. The van der Waals surface area contributed by atoms with Crippen molar-refractivity contribution in [3.63, 3.8) is 0 Å². The summed E-state index contributed by atoms with van der Waals surface area (Å²) in [5, 5.41) is 21.3. The van der Waals surface area contributed by atoms with Gasteiger partial charge in [-0.3, -0.25) is 4.79 Å². The van der Waals surface area contributed by atoms with Gasteiger partial charge in [-0.15, -0.1) is 11.6 Å². The van der Waals surface area contributed by atoms with Crippen LogP contribution in [0, 0.1) is 5.92 Å². The van der Waals surface area contributed by atoms with Crippen LogP contribution in [0.2, 0.25) is 0 Å². The molecule has 3 heterocycles. The van der Waals surface area contributed by atoms with Crippen LogP contribution in [0.1, 0.15) is 47.0 Å². The molecule has 1 unspecified atom stereocenters. The van der Waals surface area contributed by atoms with Crippen LogP contribution in [0.4, 0.5) is 0 Å². The van der Waals surface area contributed by atoms with Crippen molar-refractivity contribution in [1.82, 2.24) is 0 Å². The number of ether oxygens (including phenoxy) is 4. The van der Waals surface area contributed by atoms with Crippen molar-refractivity contribution in [2.24, 2.45) is 5.92 Å². The highest BCUT2D eigenvalue weighted by molar-refractivity contribution is 6.20. The molecule has 3 rings (SSSR count). The van der Waals surface area contributed by atoms with E-state index in [1.807, 2.05) is 0 Å². The van der Waals surface area contributed by atoms with Gasteiger partial charge in [0.1, 0.15) is 18.5 Å². The highest BCUT2D eigenvalue weighted by atomic mass is 35.5. The van der Waals surface area contributed by atoms with Crippen LogP contribution in [-0.2, 0) is 33.3 Å². The lowest BCUT2D eigenvalue weighted by molar-refractivity contribution is -0.239. The van der Waals surface area contributed by atoms with Crippen molar-refractivity contribution in [3.05, 3.63) is 23.0 Å². The molecule has 0 radical (unpaired) electrons. The predicted molar refractivity (Wildman–Crippen MR) is 107 cm³/mol. The molecule has 10 heteroatoms. The van der Waals surface area contributed by atoms with Gasteiger partial charge in [-0.25, -0.2) is 9.59 Å². The molecule has 2 bridgehead atoms. The molecule has 5 atom stereocenters. The first-order chi connectivity index (χ1) is 14.3. The van der Waals surface area contributed by atoms with Crippen LogP contribution in [0.3, 0.4) is 0 Å². The van der Waals surface area contributed by atoms with Gasteiger partial charge in [-0.2, -0.15) is 0 Å². The Hall–Kier alpha value is -1.94. The molecule has 0 aromatic carbocycles. The minimum absolute atomic E-state index is 0.0188. The van der Waals surface area contributed by atoms with Crippen LogP contribution in [0.15, 0.2) is 23.0 Å². The first-order valence-corrected chi connectivity index (χ1v) is 10.6. The van der Waals surface area contributed by atoms with Crippen LogP contribution < -0.4 is 0 Å². The van der Waals surface area contributed by atoms with Gasteiger partial charge in [0.15, 0.2) is 11.4 Å². The first kappa shape index (κ1) is 23.7. The number of aliphatic hydroxyl groups is 2. The molecule has 0 aliphatic carbocycles.